The molecule has 2 amide bonds. The van der Waals surface area contributed by atoms with Crippen molar-refractivity contribution in [2.75, 3.05) is 11.9 Å². The number of nitrogens with one attached hydrogen (secondary N) is 2. The van der Waals surface area contributed by atoms with Gasteiger partial charge < -0.3 is 20.8 Å². The lowest BCUT2D eigenvalue weighted by Crippen LogP contribution is -2.38. The lowest BCUT2D eigenvalue weighted by molar-refractivity contribution is -0.146. The van der Waals surface area contributed by atoms with E-state index in [9.17, 15) is 9.59 Å². The predicted octanol–water partition coefficient (Wildman–Crippen LogP) is 2.17. The van der Waals surface area contributed by atoms with Gasteiger partial charge in [-0.3, -0.25) is 0 Å². The SMILES string of the molecule is O=C(NC[C@H](O)C(=O)O)Nc1ccc2cc(Br)ccc2c1. The molecule has 110 valence electrons. The number of rotatable bonds is 4. The molecule has 0 saturated heterocycles. The van der Waals surface area contributed by atoms with Crippen molar-refractivity contribution < 1.29 is 19.8 Å². The van der Waals surface area contributed by atoms with E-state index < -0.39 is 18.1 Å². The van der Waals surface area contributed by atoms with E-state index in [-0.39, 0.29) is 6.54 Å². The molecule has 0 aliphatic heterocycles. The Balaban J connectivity index is 2.01. The van der Waals surface area contributed by atoms with Gasteiger partial charge in [-0.05, 0) is 35.0 Å². The molecule has 0 fully saturated rings. The number of hydrogen-bond acceptors (Lipinski definition) is 3. The molecule has 2 aromatic rings. The number of carboxylic acids is 1. The number of aliphatic carboxylic acids is 1. The molecule has 4 N–H and O–H groups in total. The zero-order valence-corrected chi connectivity index (χ0v) is 12.4. The van der Waals surface area contributed by atoms with Gasteiger partial charge in [-0.2, -0.15) is 0 Å². The molecule has 21 heavy (non-hydrogen) atoms. The summed E-state index contributed by atoms with van der Waals surface area (Å²) in [4.78, 5) is 22.0. The van der Waals surface area contributed by atoms with Crippen LogP contribution in [0, 0.1) is 0 Å². The molecule has 0 unspecified atom stereocenters. The summed E-state index contributed by atoms with van der Waals surface area (Å²) in [5, 5.41) is 24.4. The van der Waals surface area contributed by atoms with Crippen LogP contribution in [0.5, 0.6) is 0 Å². The van der Waals surface area contributed by atoms with Crippen LogP contribution in [0.15, 0.2) is 40.9 Å². The molecule has 6 nitrogen and oxygen atoms in total. The lowest BCUT2D eigenvalue weighted by Gasteiger charge is -2.10. The molecule has 0 aliphatic rings. The Morgan fingerprint density at radius 2 is 1.81 bits per heavy atom. The molecular formula is C14H13BrN2O4. The maximum atomic E-state index is 11.6. The smallest absolute Gasteiger partial charge is 0.334 e. The molecule has 0 radical (unpaired) electrons. The average Bonchev–Trinajstić information content (AvgIpc) is 2.44. The van der Waals surface area contributed by atoms with Gasteiger partial charge in [0.05, 0.1) is 6.54 Å². The predicted molar refractivity (Wildman–Crippen MR) is 82.3 cm³/mol. The van der Waals surface area contributed by atoms with Gasteiger partial charge in [0, 0.05) is 10.2 Å². The Morgan fingerprint density at radius 1 is 1.14 bits per heavy atom. The molecule has 0 aliphatic carbocycles. The van der Waals surface area contributed by atoms with Gasteiger partial charge in [0.15, 0.2) is 6.10 Å². The van der Waals surface area contributed by atoms with Gasteiger partial charge >= 0.3 is 12.0 Å². The van der Waals surface area contributed by atoms with Crippen LogP contribution in [0.1, 0.15) is 0 Å². The molecule has 1 atom stereocenters. The fourth-order valence-corrected chi connectivity index (χ4v) is 2.13. The van der Waals surface area contributed by atoms with Crippen molar-refractivity contribution >= 4 is 44.4 Å². The van der Waals surface area contributed by atoms with E-state index in [1.807, 2.05) is 24.3 Å². The summed E-state index contributed by atoms with van der Waals surface area (Å²) in [7, 11) is 0. The van der Waals surface area contributed by atoms with Gasteiger partial charge in [0.2, 0.25) is 0 Å². The van der Waals surface area contributed by atoms with Crippen molar-refractivity contribution in [2.24, 2.45) is 0 Å². The highest BCUT2D eigenvalue weighted by molar-refractivity contribution is 9.10. The molecular weight excluding hydrogens is 340 g/mol. The Hall–Kier alpha value is -2.12. The van der Waals surface area contributed by atoms with Crippen LogP contribution in [-0.4, -0.2) is 34.9 Å². The highest BCUT2D eigenvalue weighted by atomic mass is 79.9. The monoisotopic (exact) mass is 352 g/mol. The Labute approximate surface area is 128 Å². The second-order valence-corrected chi connectivity index (χ2v) is 5.31. The fraction of sp³-hybridized carbons (Fsp3) is 0.143. The molecule has 7 heteroatoms. The summed E-state index contributed by atoms with van der Waals surface area (Å²) >= 11 is 3.39. The van der Waals surface area contributed by atoms with Gasteiger partial charge in [0.25, 0.3) is 0 Å². The Kier molecular flexibility index (Phi) is 4.77. The molecule has 0 spiro atoms. The first kappa shape index (κ1) is 15.3. The van der Waals surface area contributed by atoms with E-state index in [1.54, 1.807) is 12.1 Å². The average molecular weight is 353 g/mol. The van der Waals surface area contributed by atoms with Crippen LogP contribution in [0.2, 0.25) is 0 Å². The van der Waals surface area contributed by atoms with Crippen molar-refractivity contribution in [1.82, 2.24) is 5.32 Å². The van der Waals surface area contributed by atoms with Crippen molar-refractivity contribution in [3.05, 3.63) is 40.9 Å². The van der Waals surface area contributed by atoms with E-state index in [2.05, 4.69) is 26.6 Å². The van der Waals surface area contributed by atoms with Gasteiger partial charge in [0.1, 0.15) is 0 Å². The number of amides is 2. The van der Waals surface area contributed by atoms with Crippen LogP contribution >= 0.6 is 15.9 Å². The summed E-state index contributed by atoms with van der Waals surface area (Å²) < 4.78 is 0.969. The van der Waals surface area contributed by atoms with E-state index in [0.29, 0.717) is 5.69 Å². The lowest BCUT2D eigenvalue weighted by atomic mass is 10.1. The van der Waals surface area contributed by atoms with Gasteiger partial charge in [-0.1, -0.05) is 28.1 Å². The minimum absolute atomic E-state index is 0.359. The largest absolute Gasteiger partial charge is 0.479 e. The molecule has 2 rings (SSSR count). The van der Waals surface area contributed by atoms with E-state index >= 15 is 0 Å². The first-order valence-electron chi connectivity index (χ1n) is 6.11. The number of aliphatic hydroxyl groups is 1. The van der Waals surface area contributed by atoms with Crippen LogP contribution in [0.4, 0.5) is 10.5 Å². The number of urea groups is 1. The second-order valence-electron chi connectivity index (χ2n) is 4.40. The summed E-state index contributed by atoms with van der Waals surface area (Å²) in [6.07, 6.45) is -1.62. The normalized spacial score (nSPS) is 11.9. The number of aliphatic hydroxyl groups excluding tert-OH is 1. The summed E-state index contributed by atoms with van der Waals surface area (Å²) in [5.74, 6) is -1.38. The number of fused-ring (bicyclic) bond motifs is 1. The van der Waals surface area contributed by atoms with Crippen molar-refractivity contribution in [2.45, 2.75) is 6.10 Å². The highest BCUT2D eigenvalue weighted by Crippen LogP contribution is 2.22. The maximum absolute atomic E-state index is 11.6. The zero-order valence-electron chi connectivity index (χ0n) is 10.8. The molecule has 2 aromatic carbocycles. The fourth-order valence-electron chi connectivity index (χ4n) is 1.75. The number of carbonyl (C=O) groups excluding carboxylic acids is 1. The summed E-state index contributed by atoms with van der Waals surface area (Å²) in [5.41, 5.74) is 0.576. The van der Waals surface area contributed by atoms with Crippen LogP contribution in [-0.2, 0) is 4.79 Å². The number of benzene rings is 2. The molecule has 0 saturated carbocycles. The van der Waals surface area contributed by atoms with E-state index in [1.165, 1.54) is 0 Å². The second kappa shape index (κ2) is 6.55. The standard InChI is InChI=1S/C14H13BrN2O4/c15-10-3-1-9-6-11(4-2-8(9)5-10)17-14(21)16-7-12(18)13(19)20/h1-6,12,18H,7H2,(H,19,20)(H2,16,17,21)/t12-/m0/s1. The van der Waals surface area contributed by atoms with Crippen molar-refractivity contribution in [3.63, 3.8) is 0 Å². The first-order valence-corrected chi connectivity index (χ1v) is 6.90. The number of carbonyl (C=O) groups is 2. The maximum Gasteiger partial charge on any atom is 0.334 e. The highest BCUT2D eigenvalue weighted by Gasteiger charge is 2.14. The minimum atomic E-state index is -1.62. The van der Waals surface area contributed by atoms with Crippen molar-refractivity contribution in [3.8, 4) is 0 Å². The third-order valence-electron chi connectivity index (χ3n) is 2.80. The minimum Gasteiger partial charge on any atom is -0.479 e. The van der Waals surface area contributed by atoms with Crippen LogP contribution < -0.4 is 10.6 Å². The van der Waals surface area contributed by atoms with Gasteiger partial charge in [-0.15, -0.1) is 0 Å². The summed E-state index contributed by atoms with van der Waals surface area (Å²) in [6, 6.07) is 10.6. The molecule has 0 aromatic heterocycles. The topological polar surface area (TPSA) is 98.7 Å². The number of anilines is 1. The van der Waals surface area contributed by atoms with E-state index in [0.717, 1.165) is 15.2 Å². The zero-order chi connectivity index (χ0) is 15.4. The van der Waals surface area contributed by atoms with Crippen LogP contribution in [0.25, 0.3) is 10.8 Å². The molecule has 0 heterocycles. The Morgan fingerprint density at radius 3 is 2.52 bits per heavy atom. The van der Waals surface area contributed by atoms with Crippen LogP contribution in [0.3, 0.4) is 0 Å². The molecule has 0 bridgehead atoms. The van der Waals surface area contributed by atoms with Gasteiger partial charge in [-0.25, -0.2) is 9.59 Å². The van der Waals surface area contributed by atoms with E-state index in [4.69, 9.17) is 10.2 Å². The summed E-state index contributed by atoms with van der Waals surface area (Å²) in [6.45, 7) is -0.359. The Bertz CT molecular complexity index is 690. The third-order valence-corrected chi connectivity index (χ3v) is 3.29. The number of hydrogen-bond donors (Lipinski definition) is 4. The number of carboxylic acid groups (broad SMARTS) is 1. The quantitative estimate of drug-likeness (QED) is 0.677. The third kappa shape index (κ3) is 4.17. The van der Waals surface area contributed by atoms with Crippen molar-refractivity contribution in [1.29, 1.82) is 0 Å². The first-order chi connectivity index (χ1) is 9.95. The number of halogens is 1.